The number of benzene rings is 2. The molecule has 0 amide bonds. The fourth-order valence-electron chi connectivity index (χ4n) is 5.78. The number of imidazole rings is 2. The van der Waals surface area contributed by atoms with Crippen LogP contribution in [0.2, 0.25) is 0 Å². The highest BCUT2D eigenvalue weighted by Crippen LogP contribution is 2.23. The van der Waals surface area contributed by atoms with Gasteiger partial charge in [-0.2, -0.15) is 0 Å². The number of carboxylic acid groups (broad SMARTS) is 4. The summed E-state index contributed by atoms with van der Waals surface area (Å²) in [6.07, 6.45) is 7.25. The quantitative estimate of drug-likeness (QED) is 0.0790. The molecular weight excluding hydrogens is 644 g/mol. The van der Waals surface area contributed by atoms with E-state index in [4.69, 9.17) is 0 Å². The van der Waals surface area contributed by atoms with Gasteiger partial charge in [0.15, 0.2) is 0 Å². The second kappa shape index (κ2) is 17.4. The van der Waals surface area contributed by atoms with Crippen molar-refractivity contribution in [2.24, 2.45) is 5.92 Å². The van der Waals surface area contributed by atoms with Crippen molar-refractivity contribution >= 4 is 23.9 Å². The van der Waals surface area contributed by atoms with Crippen molar-refractivity contribution in [3.05, 3.63) is 96.1 Å². The van der Waals surface area contributed by atoms with Crippen LogP contribution in [0.5, 0.6) is 0 Å². The Morgan fingerprint density at radius 1 is 0.740 bits per heavy atom. The van der Waals surface area contributed by atoms with E-state index in [2.05, 4.69) is 26.7 Å². The van der Waals surface area contributed by atoms with Gasteiger partial charge in [-0.25, -0.2) is 9.97 Å². The zero-order chi connectivity index (χ0) is 36.4. The predicted octanol–water partition coefficient (Wildman–Crippen LogP) is 3.38. The van der Waals surface area contributed by atoms with Gasteiger partial charge in [-0.3, -0.25) is 29.8 Å². The van der Waals surface area contributed by atoms with Crippen LogP contribution in [-0.2, 0) is 45.1 Å². The van der Waals surface area contributed by atoms with Gasteiger partial charge in [-0.05, 0) is 53.1 Å². The van der Waals surface area contributed by atoms with E-state index < -0.39 is 48.0 Å². The van der Waals surface area contributed by atoms with Crippen molar-refractivity contribution < 1.29 is 39.6 Å². The van der Waals surface area contributed by atoms with Crippen LogP contribution in [0.1, 0.15) is 56.1 Å². The Bertz CT molecular complexity index is 1780. The minimum absolute atomic E-state index is 0.0325. The molecule has 0 aliphatic carbocycles. The number of rotatable bonds is 20. The predicted molar refractivity (Wildman–Crippen MR) is 184 cm³/mol. The van der Waals surface area contributed by atoms with Gasteiger partial charge in [0, 0.05) is 44.0 Å². The third-order valence-corrected chi connectivity index (χ3v) is 8.33. The van der Waals surface area contributed by atoms with Gasteiger partial charge in [0.2, 0.25) is 0 Å². The molecule has 14 heteroatoms. The van der Waals surface area contributed by atoms with E-state index in [0.717, 1.165) is 22.3 Å². The zero-order valence-electron chi connectivity index (χ0n) is 28.3. The first-order valence-electron chi connectivity index (χ1n) is 16.4. The normalized spacial score (nSPS) is 13.8. The number of aliphatic carboxylic acids is 4. The number of hydrogen-bond acceptors (Lipinski definition) is 8. The number of carbonyl (C=O) groups is 4. The molecule has 0 spiro atoms. The summed E-state index contributed by atoms with van der Waals surface area (Å²) in [6.45, 7) is 6.35. The average molecular weight is 689 g/mol. The number of hydrogen-bond donors (Lipinski definition) is 6. The molecule has 2 unspecified atom stereocenters. The summed E-state index contributed by atoms with van der Waals surface area (Å²) in [7, 11) is 0. The molecule has 0 saturated heterocycles. The maximum Gasteiger partial charge on any atom is 0.321 e. The maximum absolute atomic E-state index is 11.9. The number of nitrogens with one attached hydrogen (secondary N) is 2. The molecule has 0 saturated carbocycles. The Morgan fingerprint density at radius 3 is 1.86 bits per heavy atom. The van der Waals surface area contributed by atoms with Crippen LogP contribution in [0.4, 0.5) is 0 Å². The Kier molecular flexibility index (Phi) is 13.0. The second-order valence-corrected chi connectivity index (χ2v) is 12.8. The van der Waals surface area contributed by atoms with Gasteiger partial charge in [0.05, 0.1) is 18.3 Å². The second-order valence-electron chi connectivity index (χ2n) is 12.8. The highest BCUT2D eigenvalue weighted by atomic mass is 16.4. The topological polar surface area (TPSA) is 209 Å². The Labute approximate surface area is 289 Å². The molecule has 4 aromatic rings. The fraction of sp³-hybridized carbons (Fsp3) is 0.389. The van der Waals surface area contributed by atoms with Crippen LogP contribution in [0.3, 0.4) is 0 Å². The van der Waals surface area contributed by atoms with Crippen LogP contribution in [0.25, 0.3) is 11.1 Å². The summed E-state index contributed by atoms with van der Waals surface area (Å²) in [4.78, 5) is 55.6. The minimum atomic E-state index is -1.14. The summed E-state index contributed by atoms with van der Waals surface area (Å²) in [5, 5.41) is 43.9. The first-order chi connectivity index (χ1) is 23.8. The molecule has 0 fully saturated rings. The highest BCUT2D eigenvalue weighted by molar-refractivity contribution is 5.78. The first kappa shape index (κ1) is 37.5. The summed E-state index contributed by atoms with van der Waals surface area (Å²) in [6, 6.07) is 11.8. The van der Waals surface area contributed by atoms with E-state index in [0.29, 0.717) is 30.9 Å². The van der Waals surface area contributed by atoms with Gasteiger partial charge in [-0.1, -0.05) is 57.2 Å². The Balaban J connectivity index is 1.43. The van der Waals surface area contributed by atoms with Gasteiger partial charge in [0.1, 0.15) is 24.2 Å². The molecule has 50 heavy (non-hydrogen) atoms. The molecule has 4 atom stereocenters. The third-order valence-electron chi connectivity index (χ3n) is 8.33. The average Bonchev–Trinajstić information content (AvgIpc) is 3.70. The molecule has 266 valence electrons. The van der Waals surface area contributed by atoms with Crippen molar-refractivity contribution in [1.29, 1.82) is 0 Å². The lowest BCUT2D eigenvalue weighted by Gasteiger charge is -2.21. The zero-order valence-corrected chi connectivity index (χ0v) is 28.3. The molecule has 2 aromatic carbocycles. The molecule has 2 aromatic heterocycles. The van der Waals surface area contributed by atoms with Gasteiger partial charge >= 0.3 is 23.9 Å². The Morgan fingerprint density at radius 2 is 1.30 bits per heavy atom. The Hall–Kier alpha value is -5.34. The third kappa shape index (κ3) is 10.6. The van der Waals surface area contributed by atoms with Crippen LogP contribution in [0.15, 0.2) is 73.6 Å². The van der Waals surface area contributed by atoms with E-state index >= 15 is 0 Å². The van der Waals surface area contributed by atoms with Crippen molar-refractivity contribution in [2.45, 2.75) is 83.7 Å². The van der Waals surface area contributed by atoms with E-state index in [1.807, 2.05) is 65.4 Å². The van der Waals surface area contributed by atoms with Crippen LogP contribution in [-0.4, -0.2) is 87.6 Å². The SMILES string of the molecule is CCC(N[C@@H](Cc1cncn1Cc1cccc(-c2cccc(Cn3cnc(C[C@H](NC(CC(C)C)C(=O)O)C(=O)O)c3)c2)c1)C(=O)O)C(=O)O. The van der Waals surface area contributed by atoms with Crippen LogP contribution < -0.4 is 10.6 Å². The highest BCUT2D eigenvalue weighted by Gasteiger charge is 2.28. The van der Waals surface area contributed by atoms with Crippen LogP contribution >= 0.6 is 0 Å². The molecule has 2 heterocycles. The van der Waals surface area contributed by atoms with E-state index in [-0.39, 0.29) is 25.2 Å². The molecule has 0 bridgehead atoms. The van der Waals surface area contributed by atoms with Gasteiger partial charge in [-0.15, -0.1) is 0 Å². The summed E-state index contributed by atoms with van der Waals surface area (Å²) >= 11 is 0. The molecule has 6 N–H and O–H groups in total. The van der Waals surface area contributed by atoms with E-state index in [9.17, 15) is 39.6 Å². The van der Waals surface area contributed by atoms with Gasteiger partial charge in [0.25, 0.3) is 0 Å². The minimum Gasteiger partial charge on any atom is -0.480 e. The smallest absolute Gasteiger partial charge is 0.321 e. The lowest BCUT2D eigenvalue weighted by Crippen LogP contribution is -2.48. The van der Waals surface area contributed by atoms with Crippen molar-refractivity contribution in [3.8, 4) is 11.1 Å². The van der Waals surface area contributed by atoms with Crippen LogP contribution in [0, 0.1) is 5.92 Å². The fourth-order valence-corrected chi connectivity index (χ4v) is 5.78. The number of nitrogens with zero attached hydrogens (tertiary/aromatic N) is 4. The lowest BCUT2D eigenvalue weighted by molar-refractivity contribution is -0.144. The molecular formula is C36H44N6O8. The summed E-state index contributed by atoms with van der Waals surface area (Å²) in [5.74, 6) is -4.40. The number of aromatic nitrogens is 4. The van der Waals surface area contributed by atoms with Crippen molar-refractivity contribution in [1.82, 2.24) is 29.7 Å². The molecule has 4 rings (SSSR count). The maximum atomic E-state index is 11.9. The van der Waals surface area contributed by atoms with E-state index in [1.54, 1.807) is 32.0 Å². The van der Waals surface area contributed by atoms with E-state index in [1.165, 1.54) is 0 Å². The monoisotopic (exact) mass is 688 g/mol. The largest absolute Gasteiger partial charge is 0.480 e. The van der Waals surface area contributed by atoms with Gasteiger partial charge < -0.3 is 29.6 Å². The lowest BCUT2D eigenvalue weighted by atomic mass is 10.0. The molecule has 14 nitrogen and oxygen atoms in total. The molecule has 0 aliphatic rings. The number of carboxylic acids is 4. The van der Waals surface area contributed by atoms with Crippen molar-refractivity contribution in [3.63, 3.8) is 0 Å². The molecule has 0 aliphatic heterocycles. The molecule has 0 radical (unpaired) electrons. The first-order valence-corrected chi connectivity index (χ1v) is 16.4. The standard InChI is InChI=1S/C36H44N6O8/c1-4-29(33(43)44)39-32(36(49)50)15-28-16-37-20-42(28)18-24-8-6-10-26(13-24)25-9-5-7-23(12-25)17-41-19-27(38-21-41)14-31(35(47)48)40-30(34(45)46)11-22(2)3/h5-10,12-13,16,19-22,29-32,39-40H,4,11,14-15,17-18H2,1-3H3,(H,43,44)(H,45,46)(H,47,48)(H,49,50)/t29?,30?,31-,32-/m0/s1. The summed E-state index contributed by atoms with van der Waals surface area (Å²) in [5.41, 5.74) is 5.08. The summed E-state index contributed by atoms with van der Waals surface area (Å²) < 4.78 is 3.70. The van der Waals surface area contributed by atoms with Crippen molar-refractivity contribution in [2.75, 3.05) is 0 Å².